The molecule has 20 heavy (non-hydrogen) atoms. The van der Waals surface area contributed by atoms with Crippen LogP contribution in [-0.2, 0) is 0 Å². The van der Waals surface area contributed by atoms with Crippen LogP contribution in [0.4, 0.5) is 4.39 Å². The fraction of sp³-hybridized carbons (Fsp3) is 0.294. The number of hydrogen-bond acceptors (Lipinski definition) is 2. The van der Waals surface area contributed by atoms with Gasteiger partial charge >= 0.3 is 0 Å². The summed E-state index contributed by atoms with van der Waals surface area (Å²) in [6.45, 7) is 5.30. The van der Waals surface area contributed by atoms with E-state index >= 15 is 0 Å². The normalized spacial score (nSPS) is 12.2. The van der Waals surface area contributed by atoms with Crippen LogP contribution in [0.2, 0.25) is 0 Å². The van der Waals surface area contributed by atoms with E-state index in [0.717, 1.165) is 17.9 Å². The van der Waals surface area contributed by atoms with Crippen LogP contribution < -0.4 is 10.1 Å². The summed E-state index contributed by atoms with van der Waals surface area (Å²) in [5.74, 6) is 0.492. The van der Waals surface area contributed by atoms with Crippen molar-refractivity contribution in [3.05, 3.63) is 65.5 Å². The average Bonchev–Trinajstić information content (AvgIpc) is 2.46. The minimum atomic E-state index is -0.235. The number of halogens is 1. The van der Waals surface area contributed by atoms with E-state index in [2.05, 4.69) is 24.4 Å². The van der Waals surface area contributed by atoms with Gasteiger partial charge in [0.1, 0.15) is 18.2 Å². The van der Waals surface area contributed by atoms with E-state index in [9.17, 15) is 4.39 Å². The van der Waals surface area contributed by atoms with E-state index in [1.54, 1.807) is 6.07 Å². The first-order valence-corrected chi connectivity index (χ1v) is 6.88. The minimum Gasteiger partial charge on any atom is -0.491 e. The smallest absolute Gasteiger partial charge is 0.123 e. The number of nitrogens with one attached hydrogen (secondary N) is 1. The van der Waals surface area contributed by atoms with Gasteiger partial charge in [-0.25, -0.2) is 4.39 Å². The molecule has 0 aliphatic rings. The van der Waals surface area contributed by atoms with Gasteiger partial charge < -0.3 is 10.1 Å². The number of benzene rings is 2. The number of ether oxygens (including phenoxy) is 1. The Labute approximate surface area is 119 Å². The zero-order valence-corrected chi connectivity index (χ0v) is 11.9. The molecule has 3 heteroatoms. The van der Waals surface area contributed by atoms with Crippen LogP contribution in [0.3, 0.4) is 0 Å². The molecule has 2 nitrogen and oxygen atoms in total. The zero-order valence-electron chi connectivity index (χ0n) is 11.9. The van der Waals surface area contributed by atoms with Crippen LogP contribution in [0.25, 0.3) is 0 Å². The van der Waals surface area contributed by atoms with Gasteiger partial charge in [-0.05, 0) is 42.8 Å². The maximum Gasteiger partial charge on any atom is 0.123 e. The molecule has 0 radical (unpaired) electrons. The molecule has 0 aliphatic heterocycles. The van der Waals surface area contributed by atoms with E-state index in [0.29, 0.717) is 6.61 Å². The monoisotopic (exact) mass is 273 g/mol. The summed E-state index contributed by atoms with van der Waals surface area (Å²) in [7, 11) is 0. The molecule has 0 heterocycles. The maximum absolute atomic E-state index is 13.1. The summed E-state index contributed by atoms with van der Waals surface area (Å²) < 4.78 is 18.9. The van der Waals surface area contributed by atoms with Crippen LogP contribution in [-0.4, -0.2) is 13.2 Å². The van der Waals surface area contributed by atoms with E-state index < -0.39 is 0 Å². The molecule has 0 aromatic heterocycles. The summed E-state index contributed by atoms with van der Waals surface area (Å²) in [5, 5.41) is 3.40. The van der Waals surface area contributed by atoms with Crippen molar-refractivity contribution in [2.45, 2.75) is 19.9 Å². The molecule has 0 saturated carbocycles. The Morgan fingerprint density at radius 3 is 2.55 bits per heavy atom. The highest BCUT2D eigenvalue weighted by molar-refractivity contribution is 5.32. The lowest BCUT2D eigenvalue weighted by atomic mass is 10.1. The second-order valence-electron chi connectivity index (χ2n) is 4.74. The van der Waals surface area contributed by atoms with Gasteiger partial charge in [0.05, 0.1) is 6.04 Å². The predicted molar refractivity (Wildman–Crippen MR) is 79.5 cm³/mol. The Balaban J connectivity index is 2.06. The van der Waals surface area contributed by atoms with Crippen molar-refractivity contribution in [3.63, 3.8) is 0 Å². The van der Waals surface area contributed by atoms with Crippen molar-refractivity contribution in [2.24, 2.45) is 0 Å². The molecule has 0 bridgehead atoms. The third-order valence-electron chi connectivity index (χ3n) is 3.19. The second kappa shape index (κ2) is 7.06. The highest BCUT2D eigenvalue weighted by Gasteiger charge is 2.11. The highest BCUT2D eigenvalue weighted by atomic mass is 19.1. The van der Waals surface area contributed by atoms with Gasteiger partial charge in [-0.3, -0.25) is 0 Å². The third-order valence-corrected chi connectivity index (χ3v) is 3.19. The molecule has 1 N–H and O–H groups in total. The van der Waals surface area contributed by atoms with Crippen molar-refractivity contribution in [3.8, 4) is 5.75 Å². The van der Waals surface area contributed by atoms with Gasteiger partial charge in [-0.2, -0.15) is 0 Å². The number of aryl methyl sites for hydroxylation is 1. The van der Waals surface area contributed by atoms with Gasteiger partial charge in [-0.1, -0.05) is 37.3 Å². The van der Waals surface area contributed by atoms with E-state index in [1.165, 1.54) is 17.7 Å². The highest BCUT2D eigenvalue weighted by Crippen LogP contribution is 2.21. The molecule has 2 rings (SSSR count). The third kappa shape index (κ3) is 3.81. The van der Waals surface area contributed by atoms with Crippen LogP contribution >= 0.6 is 0 Å². The van der Waals surface area contributed by atoms with Gasteiger partial charge in [-0.15, -0.1) is 0 Å². The van der Waals surface area contributed by atoms with Crippen molar-refractivity contribution < 1.29 is 9.13 Å². The molecule has 0 aliphatic carbocycles. The zero-order chi connectivity index (χ0) is 14.4. The molecule has 0 saturated heterocycles. The Kier molecular flexibility index (Phi) is 5.13. The van der Waals surface area contributed by atoms with E-state index in [4.69, 9.17) is 4.74 Å². The minimum absolute atomic E-state index is 0.130. The summed E-state index contributed by atoms with van der Waals surface area (Å²) in [4.78, 5) is 0. The largest absolute Gasteiger partial charge is 0.491 e. The Morgan fingerprint density at radius 2 is 1.90 bits per heavy atom. The van der Waals surface area contributed by atoms with Crippen LogP contribution in [0.15, 0.2) is 48.5 Å². The average molecular weight is 273 g/mol. The number of hydrogen-bond donors (Lipinski definition) is 1. The Hall–Kier alpha value is -1.87. The van der Waals surface area contributed by atoms with Gasteiger partial charge in [0.15, 0.2) is 0 Å². The maximum atomic E-state index is 13.1. The molecule has 0 spiro atoms. The lowest BCUT2D eigenvalue weighted by Gasteiger charge is -2.19. The first-order chi connectivity index (χ1) is 9.70. The standard InChI is InChI=1S/C17H20FNO/c1-3-19-16(14-7-5-4-6-8-14)12-20-17-10-9-15(18)11-13(17)2/h4-11,16,19H,3,12H2,1-2H3. The van der Waals surface area contributed by atoms with Crippen molar-refractivity contribution in [1.29, 1.82) is 0 Å². The summed E-state index contributed by atoms with van der Waals surface area (Å²) >= 11 is 0. The Morgan fingerprint density at radius 1 is 1.15 bits per heavy atom. The Bertz CT molecular complexity index is 542. The quantitative estimate of drug-likeness (QED) is 0.862. The van der Waals surface area contributed by atoms with Crippen molar-refractivity contribution >= 4 is 0 Å². The van der Waals surface area contributed by atoms with Crippen LogP contribution in [0.1, 0.15) is 24.1 Å². The summed E-state index contributed by atoms with van der Waals surface area (Å²) in [6, 6.07) is 14.9. The van der Waals surface area contributed by atoms with Crippen LogP contribution in [0, 0.1) is 12.7 Å². The number of likely N-dealkylation sites (N-methyl/N-ethyl adjacent to an activating group) is 1. The lowest BCUT2D eigenvalue weighted by Crippen LogP contribution is -2.26. The lowest BCUT2D eigenvalue weighted by molar-refractivity contribution is 0.266. The fourth-order valence-corrected chi connectivity index (χ4v) is 2.15. The molecule has 1 unspecified atom stereocenters. The SMILES string of the molecule is CCNC(COc1ccc(F)cc1C)c1ccccc1. The van der Waals surface area contributed by atoms with E-state index in [1.807, 2.05) is 25.1 Å². The molecule has 2 aromatic carbocycles. The van der Waals surface area contributed by atoms with Crippen molar-refractivity contribution in [2.75, 3.05) is 13.2 Å². The van der Waals surface area contributed by atoms with Gasteiger partial charge in [0, 0.05) is 0 Å². The topological polar surface area (TPSA) is 21.3 Å². The molecular weight excluding hydrogens is 253 g/mol. The predicted octanol–water partition coefficient (Wildman–Crippen LogP) is 3.86. The molecule has 1 atom stereocenters. The first-order valence-electron chi connectivity index (χ1n) is 6.88. The number of rotatable bonds is 6. The first kappa shape index (κ1) is 14.5. The van der Waals surface area contributed by atoms with Gasteiger partial charge in [0.25, 0.3) is 0 Å². The second-order valence-corrected chi connectivity index (χ2v) is 4.74. The van der Waals surface area contributed by atoms with E-state index in [-0.39, 0.29) is 11.9 Å². The molecule has 2 aromatic rings. The summed E-state index contributed by atoms with van der Waals surface area (Å²) in [5.41, 5.74) is 2.00. The molecule has 0 fully saturated rings. The van der Waals surface area contributed by atoms with Crippen LogP contribution in [0.5, 0.6) is 5.75 Å². The van der Waals surface area contributed by atoms with Crippen molar-refractivity contribution in [1.82, 2.24) is 5.32 Å². The molecule has 0 amide bonds. The van der Waals surface area contributed by atoms with Gasteiger partial charge in [0.2, 0.25) is 0 Å². The fourth-order valence-electron chi connectivity index (χ4n) is 2.15. The molecular formula is C17H20FNO. The summed E-state index contributed by atoms with van der Waals surface area (Å²) in [6.07, 6.45) is 0. The molecule has 106 valence electrons.